The molecule has 1 amide bonds. The Morgan fingerprint density at radius 2 is 1.55 bits per heavy atom. The maximum atomic E-state index is 12.1. The Kier molecular flexibility index (Phi) is 4.15. The van der Waals surface area contributed by atoms with Gasteiger partial charge >= 0.3 is 5.97 Å². The number of hydrogen-bond donors (Lipinski definition) is 2. The predicted octanol–water partition coefficient (Wildman–Crippen LogP) is 0.170. The van der Waals surface area contributed by atoms with Gasteiger partial charge in [0.05, 0.1) is 17.1 Å². The van der Waals surface area contributed by atoms with Crippen LogP contribution in [0.1, 0.15) is 38.5 Å². The molecule has 2 N–H and O–H groups in total. The molecule has 7 nitrogen and oxygen atoms in total. The van der Waals surface area contributed by atoms with Crippen molar-refractivity contribution in [2.45, 2.75) is 49.8 Å². The molecule has 2 unspecified atom stereocenters. The number of rotatable bonds is 5. The summed E-state index contributed by atoms with van der Waals surface area (Å²) in [7, 11) is -3.13. The highest BCUT2D eigenvalue weighted by molar-refractivity contribution is 7.90. The summed E-state index contributed by atoms with van der Waals surface area (Å²) in [4.78, 5) is 23.1. The molecule has 0 aromatic carbocycles. The minimum atomic E-state index is -3.13. The Morgan fingerprint density at radius 3 is 2.00 bits per heavy atom. The summed E-state index contributed by atoms with van der Waals surface area (Å²) in [6.07, 6.45) is 3.90. The van der Waals surface area contributed by atoms with Crippen molar-refractivity contribution in [3.8, 4) is 0 Å². The predicted molar refractivity (Wildman–Crippen MR) is 78.5 cm³/mol. The van der Waals surface area contributed by atoms with Crippen LogP contribution in [0.15, 0.2) is 0 Å². The number of carbonyl (C=O) groups excluding carboxylic acids is 1. The molecule has 1 aliphatic heterocycles. The molecular weight excluding hydrogens is 308 g/mol. The lowest BCUT2D eigenvalue weighted by atomic mass is 9.73. The molecule has 8 heteroatoms. The van der Waals surface area contributed by atoms with E-state index in [2.05, 4.69) is 5.32 Å². The van der Waals surface area contributed by atoms with Crippen molar-refractivity contribution in [1.29, 1.82) is 0 Å². The number of hydrogen-bond acceptors (Lipinski definition) is 4. The average Bonchev–Trinajstić information content (AvgIpc) is 3.21. The lowest BCUT2D eigenvalue weighted by Crippen LogP contribution is -2.51. The molecule has 2 saturated carbocycles. The molecule has 0 bridgehead atoms. The second-order valence-corrected chi connectivity index (χ2v) is 8.77. The fraction of sp³-hybridized carbons (Fsp3) is 0.857. The van der Waals surface area contributed by atoms with E-state index in [9.17, 15) is 18.0 Å². The Morgan fingerprint density at radius 1 is 0.955 bits per heavy atom. The van der Waals surface area contributed by atoms with E-state index in [0.29, 0.717) is 38.8 Å². The van der Waals surface area contributed by atoms with Gasteiger partial charge in [0, 0.05) is 19.1 Å². The lowest BCUT2D eigenvalue weighted by Gasteiger charge is -2.36. The lowest BCUT2D eigenvalue weighted by molar-refractivity contribution is -0.153. The normalized spacial score (nSPS) is 30.5. The third-order valence-corrected chi connectivity index (χ3v) is 7.43. The number of piperidine rings is 1. The van der Waals surface area contributed by atoms with Crippen LogP contribution in [-0.4, -0.2) is 54.1 Å². The molecule has 2 atom stereocenters. The van der Waals surface area contributed by atoms with E-state index in [-0.39, 0.29) is 17.2 Å². The SMILES string of the molecule is O=C(O)C1CCC1C(=O)NC1CCN(S(=O)(=O)C2CC2)CC1. The Labute approximate surface area is 130 Å². The van der Waals surface area contributed by atoms with Crippen molar-refractivity contribution in [2.75, 3.05) is 13.1 Å². The Hall–Kier alpha value is -1.15. The molecule has 0 aromatic heterocycles. The van der Waals surface area contributed by atoms with Gasteiger partial charge in [0.15, 0.2) is 0 Å². The number of amides is 1. The number of nitrogens with zero attached hydrogens (tertiary/aromatic N) is 1. The first kappa shape index (κ1) is 15.7. The van der Waals surface area contributed by atoms with Crippen LogP contribution in [0.4, 0.5) is 0 Å². The summed E-state index contributed by atoms with van der Waals surface area (Å²) >= 11 is 0. The van der Waals surface area contributed by atoms with Gasteiger partial charge in [-0.15, -0.1) is 0 Å². The summed E-state index contributed by atoms with van der Waals surface area (Å²) in [6.45, 7) is 0.883. The highest BCUT2D eigenvalue weighted by Crippen LogP contribution is 2.35. The topological polar surface area (TPSA) is 104 Å². The number of nitrogens with one attached hydrogen (secondary N) is 1. The summed E-state index contributed by atoms with van der Waals surface area (Å²) < 4.78 is 25.8. The van der Waals surface area contributed by atoms with Gasteiger partial charge in [-0.3, -0.25) is 9.59 Å². The first-order chi connectivity index (χ1) is 10.4. The van der Waals surface area contributed by atoms with E-state index in [1.165, 1.54) is 4.31 Å². The Bertz CT molecular complexity index is 564. The number of carboxylic acid groups (broad SMARTS) is 1. The number of sulfonamides is 1. The number of aliphatic carboxylic acids is 1. The zero-order valence-electron chi connectivity index (χ0n) is 12.4. The van der Waals surface area contributed by atoms with Crippen molar-refractivity contribution in [1.82, 2.24) is 9.62 Å². The second kappa shape index (κ2) is 5.81. The fourth-order valence-electron chi connectivity index (χ4n) is 3.25. The van der Waals surface area contributed by atoms with Crippen LogP contribution < -0.4 is 5.32 Å². The van der Waals surface area contributed by atoms with Crippen LogP contribution in [-0.2, 0) is 19.6 Å². The van der Waals surface area contributed by atoms with Gasteiger partial charge < -0.3 is 10.4 Å². The molecule has 22 heavy (non-hydrogen) atoms. The summed E-state index contributed by atoms with van der Waals surface area (Å²) in [6, 6.07) is -0.0480. The summed E-state index contributed by atoms with van der Waals surface area (Å²) in [5, 5.41) is 11.7. The first-order valence-corrected chi connectivity index (χ1v) is 9.42. The van der Waals surface area contributed by atoms with Crippen LogP contribution in [0.2, 0.25) is 0 Å². The van der Waals surface area contributed by atoms with E-state index >= 15 is 0 Å². The monoisotopic (exact) mass is 330 g/mol. The molecule has 3 rings (SSSR count). The van der Waals surface area contributed by atoms with Gasteiger partial charge in [0.25, 0.3) is 0 Å². The fourth-order valence-corrected chi connectivity index (χ4v) is 5.12. The molecule has 3 aliphatic rings. The smallest absolute Gasteiger partial charge is 0.307 e. The van der Waals surface area contributed by atoms with Crippen molar-refractivity contribution in [3.05, 3.63) is 0 Å². The first-order valence-electron chi connectivity index (χ1n) is 7.91. The molecule has 0 radical (unpaired) electrons. The molecule has 0 spiro atoms. The van der Waals surface area contributed by atoms with Gasteiger partial charge in [-0.2, -0.15) is 0 Å². The van der Waals surface area contributed by atoms with Crippen LogP contribution >= 0.6 is 0 Å². The van der Waals surface area contributed by atoms with E-state index in [1.807, 2.05) is 0 Å². The van der Waals surface area contributed by atoms with Crippen molar-refractivity contribution in [2.24, 2.45) is 11.8 Å². The van der Waals surface area contributed by atoms with Gasteiger partial charge in [-0.25, -0.2) is 12.7 Å². The zero-order chi connectivity index (χ0) is 15.9. The maximum absolute atomic E-state index is 12.1. The number of carbonyl (C=O) groups is 2. The molecule has 124 valence electrons. The quantitative estimate of drug-likeness (QED) is 0.748. The third kappa shape index (κ3) is 2.99. The van der Waals surface area contributed by atoms with Crippen molar-refractivity contribution >= 4 is 21.9 Å². The second-order valence-electron chi connectivity index (χ2n) is 6.55. The minimum Gasteiger partial charge on any atom is -0.481 e. The van der Waals surface area contributed by atoms with Crippen LogP contribution in [0.3, 0.4) is 0 Å². The molecule has 2 aliphatic carbocycles. The minimum absolute atomic E-state index is 0.0480. The van der Waals surface area contributed by atoms with E-state index in [1.54, 1.807) is 0 Å². The Balaban J connectivity index is 1.48. The molecule has 0 aromatic rings. The van der Waals surface area contributed by atoms with Gasteiger partial charge in [0.2, 0.25) is 15.9 Å². The summed E-state index contributed by atoms with van der Waals surface area (Å²) in [5.74, 6) is -2.08. The average molecular weight is 330 g/mol. The molecular formula is C14H22N2O5S. The van der Waals surface area contributed by atoms with Crippen LogP contribution in [0.5, 0.6) is 0 Å². The highest BCUT2D eigenvalue weighted by atomic mass is 32.2. The van der Waals surface area contributed by atoms with Crippen LogP contribution in [0, 0.1) is 11.8 Å². The highest BCUT2D eigenvalue weighted by Gasteiger charge is 2.43. The zero-order valence-corrected chi connectivity index (χ0v) is 13.2. The number of carboxylic acids is 1. The van der Waals surface area contributed by atoms with Gasteiger partial charge in [-0.05, 0) is 38.5 Å². The molecule has 3 fully saturated rings. The van der Waals surface area contributed by atoms with E-state index < -0.39 is 27.8 Å². The van der Waals surface area contributed by atoms with Crippen molar-refractivity contribution in [3.63, 3.8) is 0 Å². The van der Waals surface area contributed by atoms with Gasteiger partial charge in [-0.1, -0.05) is 0 Å². The van der Waals surface area contributed by atoms with Gasteiger partial charge in [0.1, 0.15) is 0 Å². The molecule has 1 heterocycles. The van der Waals surface area contributed by atoms with Crippen LogP contribution in [0.25, 0.3) is 0 Å². The molecule has 1 saturated heterocycles. The largest absolute Gasteiger partial charge is 0.481 e. The van der Waals surface area contributed by atoms with E-state index in [4.69, 9.17) is 5.11 Å². The maximum Gasteiger partial charge on any atom is 0.307 e. The van der Waals surface area contributed by atoms with E-state index in [0.717, 1.165) is 12.8 Å². The van der Waals surface area contributed by atoms with Crippen molar-refractivity contribution < 1.29 is 23.1 Å². The standard InChI is InChI=1S/C14H22N2O5S/c17-13(11-3-4-12(11)14(18)19)15-9-5-7-16(8-6-9)22(20,21)10-1-2-10/h9-12H,1-8H2,(H,15,17)(H,18,19). The third-order valence-electron chi connectivity index (χ3n) is 5.03. The summed E-state index contributed by atoms with van der Waals surface area (Å²) in [5.41, 5.74) is 0.